The second kappa shape index (κ2) is 9.68. The molecule has 0 aliphatic carbocycles. The van der Waals surface area contributed by atoms with Gasteiger partial charge in [-0.1, -0.05) is 51.7 Å². The van der Waals surface area contributed by atoms with Gasteiger partial charge in [0, 0.05) is 12.8 Å². The van der Waals surface area contributed by atoms with Gasteiger partial charge in [-0.2, -0.15) is 0 Å². The molecule has 0 saturated heterocycles. The largest absolute Gasteiger partial charge is 0.300 e. The highest BCUT2D eigenvalue weighted by Crippen LogP contribution is 2.19. The van der Waals surface area contributed by atoms with Gasteiger partial charge in [-0.3, -0.25) is 4.79 Å². The van der Waals surface area contributed by atoms with Crippen LogP contribution in [0.1, 0.15) is 64.4 Å². The molecule has 1 aromatic rings. The Morgan fingerprint density at radius 3 is 2.65 bits per heavy atom. The van der Waals surface area contributed by atoms with E-state index in [9.17, 15) is 9.18 Å². The lowest BCUT2D eigenvalue weighted by Gasteiger charge is -2.13. The van der Waals surface area contributed by atoms with Gasteiger partial charge in [0.1, 0.15) is 11.6 Å². The van der Waals surface area contributed by atoms with Crippen molar-refractivity contribution in [1.29, 1.82) is 0 Å². The lowest BCUT2D eigenvalue weighted by molar-refractivity contribution is -0.119. The maximum Gasteiger partial charge on any atom is 0.133 e. The first-order chi connectivity index (χ1) is 9.65. The fraction of sp³-hybridized carbons (Fsp3) is 0.611. The summed E-state index contributed by atoms with van der Waals surface area (Å²) >= 11 is 0. The van der Waals surface area contributed by atoms with E-state index < -0.39 is 0 Å². The van der Waals surface area contributed by atoms with Crippen LogP contribution >= 0.6 is 0 Å². The van der Waals surface area contributed by atoms with Crippen LogP contribution in [0, 0.1) is 11.7 Å². The highest BCUT2D eigenvalue weighted by atomic mass is 19.1. The molecule has 0 radical (unpaired) electrons. The van der Waals surface area contributed by atoms with E-state index >= 15 is 0 Å². The molecule has 0 heterocycles. The average Bonchev–Trinajstić information content (AvgIpc) is 2.45. The smallest absolute Gasteiger partial charge is 0.133 e. The van der Waals surface area contributed by atoms with Crippen molar-refractivity contribution in [3.8, 4) is 0 Å². The summed E-state index contributed by atoms with van der Waals surface area (Å²) < 4.78 is 13.0. The predicted molar refractivity (Wildman–Crippen MR) is 82.3 cm³/mol. The molecule has 20 heavy (non-hydrogen) atoms. The molecule has 0 aliphatic rings. The second-order valence-electron chi connectivity index (χ2n) is 5.62. The van der Waals surface area contributed by atoms with Crippen LogP contribution < -0.4 is 0 Å². The number of unbranched alkanes of at least 4 members (excludes halogenated alkanes) is 1. The molecule has 0 saturated carbocycles. The molecular weight excluding hydrogens is 251 g/mol. The third-order valence-corrected chi connectivity index (χ3v) is 3.96. The number of halogens is 1. The van der Waals surface area contributed by atoms with E-state index in [1.807, 2.05) is 6.07 Å². The van der Waals surface area contributed by atoms with Crippen molar-refractivity contribution in [2.24, 2.45) is 5.92 Å². The number of Topliss-reactive ketones (excluding diaryl/α,β-unsaturated/α-hetero) is 1. The minimum atomic E-state index is -0.222. The van der Waals surface area contributed by atoms with Crippen molar-refractivity contribution < 1.29 is 9.18 Å². The Bertz CT molecular complexity index is 400. The average molecular weight is 278 g/mol. The van der Waals surface area contributed by atoms with Gasteiger partial charge in [-0.15, -0.1) is 0 Å². The number of benzene rings is 1. The molecule has 1 unspecified atom stereocenters. The summed E-state index contributed by atoms with van der Waals surface area (Å²) in [6, 6.07) is 6.54. The zero-order valence-corrected chi connectivity index (χ0v) is 12.8. The van der Waals surface area contributed by atoms with Crippen LogP contribution in [0.15, 0.2) is 24.3 Å². The zero-order valence-electron chi connectivity index (χ0n) is 12.8. The molecule has 0 fully saturated rings. The van der Waals surface area contributed by atoms with Gasteiger partial charge in [0.15, 0.2) is 0 Å². The topological polar surface area (TPSA) is 17.1 Å². The Labute approximate surface area is 122 Å². The monoisotopic (exact) mass is 278 g/mol. The molecule has 0 aliphatic heterocycles. The Balaban J connectivity index is 2.26. The minimum Gasteiger partial charge on any atom is -0.300 e. The first-order valence-electron chi connectivity index (χ1n) is 7.91. The lowest BCUT2D eigenvalue weighted by atomic mass is 9.92. The first kappa shape index (κ1) is 16.9. The summed E-state index contributed by atoms with van der Waals surface area (Å²) in [6.45, 7) is 4.41. The Morgan fingerprint density at radius 1 is 1.20 bits per heavy atom. The van der Waals surface area contributed by atoms with Crippen LogP contribution in [-0.2, 0) is 11.2 Å². The van der Waals surface area contributed by atoms with Crippen LogP contribution in [-0.4, -0.2) is 5.78 Å². The highest BCUT2D eigenvalue weighted by Gasteiger charge is 2.09. The third-order valence-electron chi connectivity index (χ3n) is 3.96. The van der Waals surface area contributed by atoms with Crippen molar-refractivity contribution in [2.45, 2.75) is 65.2 Å². The number of ketones is 1. The van der Waals surface area contributed by atoms with E-state index in [-0.39, 0.29) is 5.82 Å². The van der Waals surface area contributed by atoms with Crippen molar-refractivity contribution in [2.75, 3.05) is 0 Å². The number of hydrogen-bond donors (Lipinski definition) is 0. The molecular formula is C18H27FO. The predicted octanol–water partition coefficient (Wildman–Crippen LogP) is 5.32. The van der Waals surface area contributed by atoms with Gasteiger partial charge in [0.05, 0.1) is 0 Å². The Kier molecular flexibility index (Phi) is 8.17. The minimum absolute atomic E-state index is 0.222. The Hall–Kier alpha value is -1.18. The van der Waals surface area contributed by atoms with Crippen LogP contribution in [0.5, 0.6) is 0 Å². The van der Waals surface area contributed by atoms with E-state index in [0.717, 1.165) is 18.4 Å². The van der Waals surface area contributed by atoms with Crippen molar-refractivity contribution in [3.63, 3.8) is 0 Å². The van der Waals surface area contributed by atoms with Crippen LogP contribution in [0.25, 0.3) is 0 Å². The van der Waals surface area contributed by atoms with Gasteiger partial charge in [0.2, 0.25) is 0 Å². The van der Waals surface area contributed by atoms with Crippen molar-refractivity contribution >= 4 is 5.78 Å². The number of carbonyl (C=O) groups is 1. The van der Waals surface area contributed by atoms with Crippen LogP contribution in [0.2, 0.25) is 0 Å². The zero-order chi connectivity index (χ0) is 14.8. The SMILES string of the molecule is CCCCC(CC)CCC(=O)CCc1cccc(F)c1. The summed E-state index contributed by atoms with van der Waals surface area (Å²) in [5, 5.41) is 0. The summed E-state index contributed by atoms with van der Waals surface area (Å²) in [4.78, 5) is 11.9. The van der Waals surface area contributed by atoms with E-state index in [4.69, 9.17) is 0 Å². The van der Waals surface area contributed by atoms with E-state index in [1.54, 1.807) is 6.07 Å². The second-order valence-corrected chi connectivity index (χ2v) is 5.62. The molecule has 1 rings (SSSR count). The van der Waals surface area contributed by atoms with Crippen molar-refractivity contribution in [3.05, 3.63) is 35.6 Å². The quantitative estimate of drug-likeness (QED) is 0.566. The summed E-state index contributed by atoms with van der Waals surface area (Å²) in [6.07, 6.45) is 7.77. The molecule has 0 N–H and O–H groups in total. The number of rotatable bonds is 10. The molecule has 1 nitrogen and oxygen atoms in total. The molecule has 1 aromatic carbocycles. The molecule has 0 spiro atoms. The standard InChI is InChI=1S/C18H27FO/c1-3-5-7-15(4-2)10-12-18(20)13-11-16-8-6-9-17(19)14-16/h6,8-9,14-15H,3-5,7,10-13H2,1-2H3. The molecule has 2 heteroatoms. The van der Waals surface area contributed by atoms with Gasteiger partial charge in [-0.05, 0) is 36.5 Å². The molecule has 1 atom stereocenters. The molecule has 0 bridgehead atoms. The number of carbonyl (C=O) groups excluding carboxylic acids is 1. The number of hydrogen-bond acceptors (Lipinski definition) is 1. The molecule has 0 amide bonds. The summed E-state index contributed by atoms with van der Waals surface area (Å²) in [5.41, 5.74) is 0.913. The fourth-order valence-electron chi connectivity index (χ4n) is 2.51. The van der Waals surface area contributed by atoms with Crippen molar-refractivity contribution in [1.82, 2.24) is 0 Å². The maximum absolute atomic E-state index is 13.0. The van der Waals surface area contributed by atoms with Gasteiger partial charge in [0.25, 0.3) is 0 Å². The Morgan fingerprint density at radius 2 is 2.00 bits per heavy atom. The lowest BCUT2D eigenvalue weighted by Crippen LogP contribution is -2.06. The first-order valence-corrected chi connectivity index (χ1v) is 7.91. The van der Waals surface area contributed by atoms with Gasteiger partial charge < -0.3 is 0 Å². The van der Waals surface area contributed by atoms with E-state index in [2.05, 4.69) is 13.8 Å². The van der Waals surface area contributed by atoms with Gasteiger partial charge >= 0.3 is 0 Å². The normalized spacial score (nSPS) is 12.3. The molecule has 112 valence electrons. The third kappa shape index (κ3) is 6.83. The van der Waals surface area contributed by atoms with Gasteiger partial charge in [-0.25, -0.2) is 4.39 Å². The molecule has 0 aromatic heterocycles. The van der Waals surface area contributed by atoms with Crippen LogP contribution in [0.3, 0.4) is 0 Å². The van der Waals surface area contributed by atoms with E-state index in [1.165, 1.54) is 31.4 Å². The highest BCUT2D eigenvalue weighted by molar-refractivity contribution is 5.78. The number of aryl methyl sites for hydroxylation is 1. The maximum atomic E-state index is 13.0. The summed E-state index contributed by atoms with van der Waals surface area (Å²) in [7, 11) is 0. The summed E-state index contributed by atoms with van der Waals surface area (Å²) in [5.74, 6) is 0.776. The van der Waals surface area contributed by atoms with Crippen LogP contribution in [0.4, 0.5) is 4.39 Å². The van der Waals surface area contributed by atoms with E-state index in [0.29, 0.717) is 31.0 Å². The fourth-order valence-corrected chi connectivity index (χ4v) is 2.51.